The van der Waals surface area contributed by atoms with Crippen molar-refractivity contribution in [1.29, 1.82) is 0 Å². The molecule has 19 heavy (non-hydrogen) atoms. The zero-order chi connectivity index (χ0) is 13.4. The number of piperidine rings is 2. The highest BCUT2D eigenvalue weighted by atomic mass is 35.5. The maximum absolute atomic E-state index is 5.89. The molecule has 2 saturated heterocycles. The minimum Gasteiger partial charge on any atom is -0.394 e. The van der Waals surface area contributed by atoms with Gasteiger partial charge in [0.1, 0.15) is 0 Å². The molecule has 104 valence electrons. The first-order chi connectivity index (χ1) is 9.13. The first-order valence-corrected chi connectivity index (χ1v) is 7.28. The lowest BCUT2D eigenvalue weighted by molar-refractivity contribution is 0.0608. The maximum atomic E-state index is 5.89. The molecule has 1 aromatic rings. The predicted octanol–water partition coefficient (Wildman–Crippen LogP) is 2.14. The Bertz CT molecular complexity index is 452. The SMILES string of the molecule is CN1C2CCCC1CC(Nc1nc(Cl)ncc1N)C2. The van der Waals surface area contributed by atoms with Gasteiger partial charge in [-0.1, -0.05) is 6.42 Å². The van der Waals surface area contributed by atoms with Crippen LogP contribution in [0.4, 0.5) is 11.5 Å². The van der Waals surface area contributed by atoms with Gasteiger partial charge >= 0.3 is 0 Å². The Morgan fingerprint density at radius 2 is 2.05 bits per heavy atom. The van der Waals surface area contributed by atoms with Gasteiger partial charge in [-0.25, -0.2) is 4.98 Å². The highest BCUT2D eigenvalue weighted by Gasteiger charge is 2.36. The Kier molecular flexibility index (Phi) is 3.50. The van der Waals surface area contributed by atoms with E-state index in [1.807, 2.05) is 0 Å². The quantitative estimate of drug-likeness (QED) is 0.813. The summed E-state index contributed by atoms with van der Waals surface area (Å²) in [5.74, 6) is 0.674. The lowest BCUT2D eigenvalue weighted by Gasteiger charge is -2.47. The van der Waals surface area contributed by atoms with Gasteiger partial charge in [-0.3, -0.25) is 0 Å². The average Bonchev–Trinajstić information content (AvgIpc) is 2.35. The van der Waals surface area contributed by atoms with Crippen molar-refractivity contribution >= 4 is 23.1 Å². The van der Waals surface area contributed by atoms with Gasteiger partial charge in [-0.2, -0.15) is 4.98 Å². The molecular weight excluding hydrogens is 262 g/mol. The number of nitrogens with one attached hydrogen (secondary N) is 1. The average molecular weight is 282 g/mol. The van der Waals surface area contributed by atoms with Gasteiger partial charge < -0.3 is 16.0 Å². The highest BCUT2D eigenvalue weighted by molar-refractivity contribution is 6.28. The number of nitrogen functional groups attached to an aromatic ring is 1. The summed E-state index contributed by atoms with van der Waals surface area (Å²) in [6.07, 6.45) is 7.81. The van der Waals surface area contributed by atoms with Crippen molar-refractivity contribution in [3.63, 3.8) is 0 Å². The highest BCUT2D eigenvalue weighted by Crippen LogP contribution is 2.34. The third-order valence-electron chi connectivity index (χ3n) is 4.47. The molecule has 3 N–H and O–H groups in total. The smallest absolute Gasteiger partial charge is 0.224 e. The Labute approximate surface area is 118 Å². The van der Waals surface area contributed by atoms with Crippen molar-refractivity contribution < 1.29 is 0 Å². The molecule has 0 aliphatic carbocycles. The second kappa shape index (κ2) is 5.13. The summed E-state index contributed by atoms with van der Waals surface area (Å²) >= 11 is 5.83. The second-order valence-corrected chi connectivity index (χ2v) is 6.00. The van der Waals surface area contributed by atoms with Crippen LogP contribution in [0.5, 0.6) is 0 Å². The zero-order valence-electron chi connectivity index (χ0n) is 11.1. The van der Waals surface area contributed by atoms with E-state index in [4.69, 9.17) is 17.3 Å². The molecule has 0 radical (unpaired) electrons. The van der Waals surface area contributed by atoms with Crippen LogP contribution in [0.15, 0.2) is 6.20 Å². The molecule has 3 rings (SSSR count). The van der Waals surface area contributed by atoms with Crippen LogP contribution < -0.4 is 11.1 Å². The Hall–Kier alpha value is -1.07. The number of fused-ring (bicyclic) bond motifs is 2. The third kappa shape index (κ3) is 2.62. The molecule has 2 aliphatic heterocycles. The van der Waals surface area contributed by atoms with Gasteiger partial charge in [0, 0.05) is 18.1 Å². The molecule has 5 nitrogen and oxygen atoms in total. The molecule has 0 saturated carbocycles. The summed E-state index contributed by atoms with van der Waals surface area (Å²) in [6.45, 7) is 0. The van der Waals surface area contributed by atoms with Crippen LogP contribution in [0.25, 0.3) is 0 Å². The van der Waals surface area contributed by atoms with Gasteiger partial charge in [0.25, 0.3) is 0 Å². The summed E-state index contributed by atoms with van der Waals surface area (Å²) in [7, 11) is 2.25. The minimum atomic E-state index is 0.241. The molecule has 0 aromatic carbocycles. The Morgan fingerprint density at radius 1 is 1.37 bits per heavy atom. The number of nitrogens with two attached hydrogens (primary N) is 1. The Morgan fingerprint density at radius 3 is 2.74 bits per heavy atom. The molecule has 0 spiro atoms. The van der Waals surface area contributed by atoms with Crippen LogP contribution >= 0.6 is 11.6 Å². The monoisotopic (exact) mass is 281 g/mol. The summed E-state index contributed by atoms with van der Waals surface area (Å²) in [5, 5.41) is 3.69. The molecule has 2 fully saturated rings. The molecule has 2 aliphatic rings. The molecule has 0 amide bonds. The third-order valence-corrected chi connectivity index (χ3v) is 4.65. The van der Waals surface area contributed by atoms with E-state index in [0.717, 1.165) is 12.8 Å². The van der Waals surface area contributed by atoms with E-state index in [1.54, 1.807) is 6.20 Å². The summed E-state index contributed by atoms with van der Waals surface area (Å²) in [6, 6.07) is 1.80. The second-order valence-electron chi connectivity index (χ2n) is 5.66. The van der Waals surface area contributed by atoms with E-state index in [2.05, 4.69) is 27.2 Å². The first kappa shape index (κ1) is 12.9. The van der Waals surface area contributed by atoms with Crippen LogP contribution in [0.1, 0.15) is 32.1 Å². The summed E-state index contributed by atoms with van der Waals surface area (Å²) < 4.78 is 0. The van der Waals surface area contributed by atoms with Crippen molar-refractivity contribution in [3.8, 4) is 0 Å². The standard InChI is InChI=1S/C13H20ClN5/c1-19-9-3-2-4-10(19)6-8(5-9)17-12-11(15)7-16-13(14)18-12/h7-10H,2-6,15H2,1H3,(H,16,17,18). The fourth-order valence-corrected chi connectivity index (χ4v) is 3.55. The van der Waals surface area contributed by atoms with E-state index in [-0.39, 0.29) is 5.28 Å². The minimum absolute atomic E-state index is 0.241. The topological polar surface area (TPSA) is 67.1 Å². The molecule has 2 atom stereocenters. The van der Waals surface area contributed by atoms with E-state index >= 15 is 0 Å². The van der Waals surface area contributed by atoms with Gasteiger partial charge in [0.2, 0.25) is 5.28 Å². The summed E-state index contributed by atoms with van der Waals surface area (Å²) in [4.78, 5) is 10.6. The van der Waals surface area contributed by atoms with Crippen molar-refractivity contribution in [3.05, 3.63) is 11.5 Å². The summed E-state index contributed by atoms with van der Waals surface area (Å²) in [5.41, 5.74) is 6.46. The number of rotatable bonds is 2. The van der Waals surface area contributed by atoms with Crippen molar-refractivity contribution in [2.75, 3.05) is 18.1 Å². The maximum Gasteiger partial charge on any atom is 0.224 e. The lowest BCUT2D eigenvalue weighted by atomic mass is 9.82. The molecule has 6 heteroatoms. The van der Waals surface area contributed by atoms with Crippen molar-refractivity contribution in [2.45, 2.75) is 50.2 Å². The zero-order valence-corrected chi connectivity index (χ0v) is 11.9. The van der Waals surface area contributed by atoms with Crippen molar-refractivity contribution in [2.24, 2.45) is 0 Å². The van der Waals surface area contributed by atoms with E-state index < -0.39 is 0 Å². The number of halogens is 1. The Balaban J connectivity index is 1.72. The first-order valence-electron chi connectivity index (χ1n) is 6.90. The number of hydrogen-bond acceptors (Lipinski definition) is 5. The van der Waals surface area contributed by atoms with Gasteiger partial charge in [0.05, 0.1) is 11.9 Å². The van der Waals surface area contributed by atoms with Gasteiger partial charge in [-0.15, -0.1) is 0 Å². The van der Waals surface area contributed by atoms with Crippen LogP contribution in [-0.2, 0) is 0 Å². The fraction of sp³-hybridized carbons (Fsp3) is 0.692. The van der Waals surface area contributed by atoms with Crippen LogP contribution in [0.3, 0.4) is 0 Å². The van der Waals surface area contributed by atoms with Gasteiger partial charge in [-0.05, 0) is 44.3 Å². The normalized spacial score (nSPS) is 31.2. The van der Waals surface area contributed by atoms with Crippen LogP contribution in [0, 0.1) is 0 Å². The number of aromatic nitrogens is 2. The van der Waals surface area contributed by atoms with Crippen molar-refractivity contribution in [1.82, 2.24) is 14.9 Å². The molecule has 3 heterocycles. The largest absolute Gasteiger partial charge is 0.394 e. The van der Waals surface area contributed by atoms with E-state index in [0.29, 0.717) is 29.6 Å². The van der Waals surface area contributed by atoms with Crippen LogP contribution in [-0.4, -0.2) is 40.0 Å². The van der Waals surface area contributed by atoms with Gasteiger partial charge in [0.15, 0.2) is 5.82 Å². The molecule has 2 unspecified atom stereocenters. The number of anilines is 2. The number of nitrogens with zero attached hydrogens (tertiary/aromatic N) is 3. The fourth-order valence-electron chi connectivity index (χ4n) is 3.41. The lowest BCUT2D eigenvalue weighted by Crippen LogP contribution is -2.52. The molecular formula is C13H20ClN5. The van der Waals surface area contributed by atoms with E-state index in [9.17, 15) is 0 Å². The number of hydrogen-bond donors (Lipinski definition) is 2. The molecule has 2 bridgehead atoms. The predicted molar refractivity (Wildman–Crippen MR) is 77.3 cm³/mol. The molecule has 1 aromatic heterocycles. The van der Waals surface area contributed by atoms with Crippen LogP contribution in [0.2, 0.25) is 5.28 Å². The van der Waals surface area contributed by atoms with E-state index in [1.165, 1.54) is 19.3 Å².